The number of nitrogens with two attached hydrogens (primary N) is 1. The summed E-state index contributed by atoms with van der Waals surface area (Å²) in [4.78, 5) is 27.3. The van der Waals surface area contributed by atoms with E-state index in [0.717, 1.165) is 27.7 Å². The molecular formula is C24H27N3O5S. The Kier molecular flexibility index (Phi) is 6.27. The Morgan fingerprint density at radius 2 is 1.76 bits per heavy atom. The van der Waals surface area contributed by atoms with Gasteiger partial charge >= 0.3 is 0 Å². The highest BCUT2D eigenvalue weighted by molar-refractivity contribution is 7.89. The number of benzene rings is 2. The van der Waals surface area contributed by atoms with Crippen molar-refractivity contribution in [2.45, 2.75) is 38.0 Å². The minimum atomic E-state index is -3.77. The summed E-state index contributed by atoms with van der Waals surface area (Å²) < 4.78 is 28.4. The third-order valence-electron chi connectivity index (χ3n) is 6.35. The van der Waals surface area contributed by atoms with Gasteiger partial charge in [-0.1, -0.05) is 12.1 Å². The summed E-state index contributed by atoms with van der Waals surface area (Å²) in [5.41, 5.74) is 4.43. The number of sulfonamides is 1. The van der Waals surface area contributed by atoms with Crippen LogP contribution in [0.25, 0.3) is 11.0 Å². The summed E-state index contributed by atoms with van der Waals surface area (Å²) in [6, 6.07) is 9.76. The second kappa shape index (κ2) is 8.99. The standard InChI is InChI=1S/C24H27N3O5S/c1-15-3-8-21-18(14-32-23(21)16(15)2)13-22(28)27-11-9-17(10-12-27)24(29)26-19-4-6-20(7-5-19)33(25,30)31/h3-8,14,17H,9-13H2,1-2H3,(H,26,29)(H2,25,30,31). The van der Waals surface area contributed by atoms with Gasteiger partial charge in [-0.3, -0.25) is 9.59 Å². The van der Waals surface area contributed by atoms with E-state index < -0.39 is 10.0 Å². The molecule has 4 rings (SSSR count). The van der Waals surface area contributed by atoms with Crippen molar-refractivity contribution in [1.82, 2.24) is 4.90 Å². The van der Waals surface area contributed by atoms with Crippen molar-refractivity contribution >= 4 is 38.5 Å². The molecule has 1 aliphatic heterocycles. The Bertz CT molecular complexity index is 1300. The number of likely N-dealkylation sites (tertiary alicyclic amines) is 1. The first-order valence-corrected chi connectivity index (χ1v) is 12.4. The minimum absolute atomic E-state index is 0.0111. The predicted octanol–water partition coefficient (Wildman–Crippen LogP) is 3.12. The molecule has 2 amide bonds. The Balaban J connectivity index is 1.32. The fourth-order valence-corrected chi connectivity index (χ4v) is 4.68. The highest BCUT2D eigenvalue weighted by Gasteiger charge is 2.28. The maximum atomic E-state index is 12.9. The van der Waals surface area contributed by atoms with Crippen LogP contribution >= 0.6 is 0 Å². The number of primary sulfonamides is 1. The number of fused-ring (bicyclic) bond motifs is 1. The molecule has 3 aromatic rings. The molecule has 0 radical (unpaired) electrons. The van der Waals surface area contributed by atoms with Crippen molar-refractivity contribution in [3.05, 3.63) is 59.4 Å². The second-order valence-electron chi connectivity index (χ2n) is 8.54. The number of hydrogen-bond acceptors (Lipinski definition) is 5. The molecule has 0 saturated carbocycles. The first-order chi connectivity index (χ1) is 15.6. The molecule has 0 atom stereocenters. The molecule has 33 heavy (non-hydrogen) atoms. The van der Waals surface area contributed by atoms with E-state index in [1.807, 2.05) is 26.0 Å². The number of furan rings is 1. The molecule has 0 spiro atoms. The van der Waals surface area contributed by atoms with Crippen LogP contribution in [0.5, 0.6) is 0 Å². The molecule has 3 N–H and O–H groups in total. The summed E-state index contributed by atoms with van der Waals surface area (Å²) >= 11 is 0. The summed E-state index contributed by atoms with van der Waals surface area (Å²) in [6.45, 7) is 5.06. The van der Waals surface area contributed by atoms with Gasteiger partial charge in [-0.2, -0.15) is 0 Å². The Labute approximate surface area is 192 Å². The van der Waals surface area contributed by atoms with Gasteiger partial charge in [0, 0.05) is 35.6 Å². The zero-order valence-electron chi connectivity index (χ0n) is 18.6. The first-order valence-electron chi connectivity index (χ1n) is 10.8. The SMILES string of the molecule is Cc1ccc2c(CC(=O)N3CCC(C(=O)Nc4ccc(S(N)(=O)=O)cc4)CC3)coc2c1C. The van der Waals surface area contributed by atoms with Gasteiger partial charge in [-0.25, -0.2) is 13.6 Å². The van der Waals surface area contributed by atoms with E-state index >= 15 is 0 Å². The average molecular weight is 470 g/mol. The zero-order chi connectivity index (χ0) is 23.8. The van der Waals surface area contributed by atoms with E-state index in [1.165, 1.54) is 24.3 Å². The lowest BCUT2D eigenvalue weighted by atomic mass is 9.95. The van der Waals surface area contributed by atoms with Crippen molar-refractivity contribution < 1.29 is 22.4 Å². The number of carbonyl (C=O) groups excluding carboxylic acids is 2. The van der Waals surface area contributed by atoms with Crippen molar-refractivity contribution in [1.29, 1.82) is 0 Å². The van der Waals surface area contributed by atoms with E-state index in [0.29, 0.717) is 31.6 Å². The number of nitrogens with zero attached hydrogens (tertiary/aromatic N) is 1. The van der Waals surface area contributed by atoms with Crippen molar-refractivity contribution in [3.63, 3.8) is 0 Å². The summed E-state index contributed by atoms with van der Waals surface area (Å²) in [5, 5.41) is 8.87. The molecule has 1 fully saturated rings. The number of nitrogens with one attached hydrogen (secondary N) is 1. The average Bonchev–Trinajstić information content (AvgIpc) is 3.19. The molecule has 1 aliphatic rings. The molecule has 2 heterocycles. The van der Waals surface area contributed by atoms with Crippen LogP contribution in [0.2, 0.25) is 0 Å². The van der Waals surface area contributed by atoms with Gasteiger partial charge in [0.25, 0.3) is 0 Å². The number of amides is 2. The number of rotatable bonds is 5. The quantitative estimate of drug-likeness (QED) is 0.594. The van der Waals surface area contributed by atoms with Gasteiger partial charge in [0.15, 0.2) is 0 Å². The van der Waals surface area contributed by atoms with E-state index in [4.69, 9.17) is 9.56 Å². The minimum Gasteiger partial charge on any atom is -0.464 e. The summed E-state index contributed by atoms with van der Waals surface area (Å²) in [6.07, 6.45) is 3.06. The van der Waals surface area contributed by atoms with Gasteiger partial charge in [0.1, 0.15) is 5.58 Å². The number of anilines is 1. The fourth-order valence-electron chi connectivity index (χ4n) is 4.16. The smallest absolute Gasteiger partial charge is 0.238 e. The predicted molar refractivity (Wildman–Crippen MR) is 125 cm³/mol. The largest absolute Gasteiger partial charge is 0.464 e. The zero-order valence-corrected chi connectivity index (χ0v) is 19.4. The molecular weight excluding hydrogens is 442 g/mol. The fraction of sp³-hybridized carbons (Fsp3) is 0.333. The normalized spacial score (nSPS) is 15.1. The maximum Gasteiger partial charge on any atom is 0.238 e. The molecule has 8 nitrogen and oxygen atoms in total. The third-order valence-corrected chi connectivity index (χ3v) is 7.28. The Morgan fingerprint density at radius 1 is 1.09 bits per heavy atom. The molecule has 0 unspecified atom stereocenters. The number of carbonyl (C=O) groups is 2. The molecule has 1 aromatic heterocycles. The molecule has 2 aromatic carbocycles. The van der Waals surface area contributed by atoms with Gasteiger partial charge in [0.2, 0.25) is 21.8 Å². The lowest BCUT2D eigenvalue weighted by Gasteiger charge is -2.31. The van der Waals surface area contributed by atoms with Crippen LogP contribution in [-0.4, -0.2) is 38.2 Å². The third kappa shape index (κ3) is 4.94. The maximum absolute atomic E-state index is 12.9. The monoisotopic (exact) mass is 469 g/mol. The lowest BCUT2D eigenvalue weighted by molar-refractivity contribution is -0.133. The van der Waals surface area contributed by atoms with E-state index in [9.17, 15) is 18.0 Å². The van der Waals surface area contributed by atoms with Gasteiger partial charge in [-0.05, 0) is 62.1 Å². The van der Waals surface area contributed by atoms with E-state index in [2.05, 4.69) is 5.32 Å². The van der Waals surface area contributed by atoms with Crippen LogP contribution in [0.15, 0.2) is 52.0 Å². The van der Waals surface area contributed by atoms with E-state index in [1.54, 1.807) is 11.2 Å². The lowest BCUT2D eigenvalue weighted by Crippen LogP contribution is -2.42. The number of hydrogen-bond donors (Lipinski definition) is 2. The highest BCUT2D eigenvalue weighted by atomic mass is 32.2. The topological polar surface area (TPSA) is 123 Å². The molecule has 174 valence electrons. The molecule has 0 aliphatic carbocycles. The second-order valence-corrected chi connectivity index (χ2v) is 10.1. The van der Waals surface area contributed by atoms with Gasteiger partial charge in [0.05, 0.1) is 17.6 Å². The highest BCUT2D eigenvalue weighted by Crippen LogP contribution is 2.28. The number of aryl methyl sites for hydroxylation is 2. The van der Waals surface area contributed by atoms with Crippen LogP contribution in [0.1, 0.15) is 29.5 Å². The van der Waals surface area contributed by atoms with Crippen LogP contribution in [-0.2, 0) is 26.0 Å². The van der Waals surface area contributed by atoms with Crippen molar-refractivity contribution in [2.24, 2.45) is 11.1 Å². The van der Waals surface area contributed by atoms with Crippen molar-refractivity contribution in [2.75, 3.05) is 18.4 Å². The molecule has 1 saturated heterocycles. The summed E-state index contributed by atoms with van der Waals surface area (Å²) in [5.74, 6) is -0.335. The Morgan fingerprint density at radius 3 is 2.39 bits per heavy atom. The van der Waals surface area contributed by atoms with Crippen LogP contribution in [0, 0.1) is 19.8 Å². The van der Waals surface area contributed by atoms with Crippen LogP contribution in [0.4, 0.5) is 5.69 Å². The van der Waals surface area contributed by atoms with Crippen molar-refractivity contribution in [3.8, 4) is 0 Å². The van der Waals surface area contributed by atoms with E-state index in [-0.39, 0.29) is 29.0 Å². The van der Waals surface area contributed by atoms with Crippen LogP contribution < -0.4 is 10.5 Å². The molecule has 9 heteroatoms. The Hall–Kier alpha value is -3.17. The molecule has 0 bridgehead atoms. The first kappa shape index (κ1) is 23.0. The van der Waals surface area contributed by atoms with Gasteiger partial charge in [-0.15, -0.1) is 0 Å². The van der Waals surface area contributed by atoms with Gasteiger partial charge < -0.3 is 14.6 Å². The summed E-state index contributed by atoms with van der Waals surface area (Å²) in [7, 11) is -3.77. The number of piperidine rings is 1. The van der Waals surface area contributed by atoms with Crippen LogP contribution in [0.3, 0.4) is 0 Å².